The summed E-state index contributed by atoms with van der Waals surface area (Å²) in [6.45, 7) is 4.94. The van der Waals surface area contributed by atoms with Crippen LogP contribution in [-0.4, -0.2) is 63.8 Å². The first-order valence-electron chi connectivity index (χ1n) is 13.2. The third-order valence-electron chi connectivity index (χ3n) is 5.81. The van der Waals surface area contributed by atoms with Gasteiger partial charge in [0.15, 0.2) is 0 Å². The summed E-state index contributed by atoms with van der Waals surface area (Å²) >= 11 is 0. The molecule has 2 aromatic carbocycles. The molecule has 0 radical (unpaired) electrons. The topological polar surface area (TPSA) is 134 Å². The number of aromatic hydroxyl groups is 1. The summed E-state index contributed by atoms with van der Waals surface area (Å²) < 4.78 is 35.9. The van der Waals surface area contributed by atoms with Crippen LogP contribution in [-0.2, 0) is 25.9 Å². The Kier molecular flexibility index (Phi) is 14.1. The maximum atomic E-state index is 11.8. The molecule has 2 aromatic rings. The Hall–Kier alpha value is -2.66. The van der Waals surface area contributed by atoms with Gasteiger partial charge in [-0.15, -0.1) is 0 Å². The molecule has 0 aliphatic rings. The fourth-order valence-corrected chi connectivity index (χ4v) is 4.31. The predicted octanol–water partition coefficient (Wildman–Crippen LogP) is 4.16. The van der Waals surface area contributed by atoms with Crippen LogP contribution >= 0.6 is 0 Å². The van der Waals surface area contributed by atoms with Crippen molar-refractivity contribution < 1.29 is 32.9 Å². The lowest BCUT2D eigenvalue weighted by molar-refractivity contribution is 0.0505. The molecule has 0 aromatic heterocycles. The number of anilines is 1. The minimum atomic E-state index is -3.53. The highest BCUT2D eigenvalue weighted by Gasteiger charge is 2.13. The number of aliphatic hydroxyl groups is 1. The summed E-state index contributed by atoms with van der Waals surface area (Å²) in [7, 11) is -3.53. The molecule has 0 amide bonds. The highest BCUT2D eigenvalue weighted by molar-refractivity contribution is 7.92. The number of rotatable bonds is 19. The second-order valence-corrected chi connectivity index (χ2v) is 11.1. The Bertz CT molecular complexity index is 1080. The van der Waals surface area contributed by atoms with E-state index in [1.165, 1.54) is 17.7 Å². The van der Waals surface area contributed by atoms with Gasteiger partial charge in [0.1, 0.15) is 5.75 Å². The van der Waals surface area contributed by atoms with Crippen LogP contribution in [0.2, 0.25) is 0 Å². The standard InChI is InChI=1S/C28H42N2O7S/c1-3-17-37-28(33)23-12-10-22(11-13-23)9-5-8-19-36-18-7-4-6-16-29-21-27(32)24-14-15-26(31)25(20-24)30-38(2,34)35/h10-15,20,27,29-32H,3-9,16-19,21H2,1-2H3. The first-order chi connectivity index (χ1) is 18.2. The fraction of sp³-hybridized carbons (Fsp3) is 0.536. The predicted molar refractivity (Wildman–Crippen MR) is 149 cm³/mol. The van der Waals surface area contributed by atoms with Crippen LogP contribution in [0.15, 0.2) is 42.5 Å². The Balaban J connectivity index is 1.48. The Labute approximate surface area is 226 Å². The maximum absolute atomic E-state index is 11.8. The number of aliphatic hydroxyl groups excluding tert-OH is 1. The van der Waals surface area contributed by atoms with Crippen LogP contribution in [0.1, 0.15) is 73.0 Å². The molecule has 4 N–H and O–H groups in total. The van der Waals surface area contributed by atoms with E-state index in [1.54, 1.807) is 6.07 Å². The lowest BCUT2D eigenvalue weighted by atomic mass is 10.1. The molecule has 212 valence electrons. The second-order valence-electron chi connectivity index (χ2n) is 9.33. The number of esters is 1. The van der Waals surface area contributed by atoms with Crippen LogP contribution in [0.4, 0.5) is 5.69 Å². The molecule has 1 unspecified atom stereocenters. The molecule has 0 bridgehead atoms. The van der Waals surface area contributed by atoms with Crippen LogP contribution in [0.3, 0.4) is 0 Å². The monoisotopic (exact) mass is 550 g/mol. The zero-order valence-electron chi connectivity index (χ0n) is 22.4. The smallest absolute Gasteiger partial charge is 0.338 e. The third-order valence-corrected chi connectivity index (χ3v) is 6.40. The molecule has 0 fully saturated rings. The number of phenolic OH excluding ortho intramolecular Hbond substituents is 1. The van der Waals surface area contributed by atoms with Gasteiger partial charge in [-0.3, -0.25) is 4.72 Å². The van der Waals surface area contributed by atoms with Crippen molar-refractivity contribution in [2.45, 2.75) is 58.0 Å². The summed E-state index contributed by atoms with van der Waals surface area (Å²) in [6, 6.07) is 12.0. The van der Waals surface area contributed by atoms with Gasteiger partial charge in [-0.25, -0.2) is 13.2 Å². The molecule has 0 aliphatic heterocycles. The van der Waals surface area contributed by atoms with E-state index >= 15 is 0 Å². The van der Waals surface area contributed by atoms with Gasteiger partial charge in [0, 0.05) is 19.8 Å². The molecule has 10 heteroatoms. The van der Waals surface area contributed by atoms with Crippen molar-refractivity contribution in [1.29, 1.82) is 0 Å². The van der Waals surface area contributed by atoms with Crippen LogP contribution in [0.25, 0.3) is 0 Å². The molecular weight excluding hydrogens is 508 g/mol. The van der Waals surface area contributed by atoms with Crippen molar-refractivity contribution in [2.24, 2.45) is 0 Å². The fourth-order valence-electron chi connectivity index (χ4n) is 3.75. The average molecular weight is 551 g/mol. The second kappa shape index (κ2) is 17.0. The molecule has 0 saturated carbocycles. The minimum absolute atomic E-state index is 0.0455. The molecule has 0 heterocycles. The van der Waals surface area contributed by atoms with Crippen molar-refractivity contribution >= 4 is 21.7 Å². The summed E-state index contributed by atoms with van der Waals surface area (Å²) in [5, 5.41) is 23.4. The summed E-state index contributed by atoms with van der Waals surface area (Å²) in [4.78, 5) is 11.8. The van der Waals surface area contributed by atoms with E-state index < -0.39 is 16.1 Å². The highest BCUT2D eigenvalue weighted by atomic mass is 32.2. The molecule has 0 aliphatic carbocycles. The Morgan fingerprint density at radius 3 is 2.37 bits per heavy atom. The van der Waals surface area contributed by atoms with Crippen molar-refractivity contribution in [1.82, 2.24) is 5.32 Å². The van der Waals surface area contributed by atoms with Gasteiger partial charge < -0.3 is 25.0 Å². The Morgan fingerprint density at radius 1 is 0.974 bits per heavy atom. The minimum Gasteiger partial charge on any atom is -0.506 e. The maximum Gasteiger partial charge on any atom is 0.338 e. The lowest BCUT2D eigenvalue weighted by Crippen LogP contribution is -2.22. The van der Waals surface area contributed by atoms with E-state index in [4.69, 9.17) is 9.47 Å². The van der Waals surface area contributed by atoms with E-state index in [0.717, 1.165) is 71.0 Å². The molecule has 1 atom stereocenters. The zero-order chi connectivity index (χ0) is 27.8. The zero-order valence-corrected chi connectivity index (χ0v) is 23.3. The first kappa shape index (κ1) is 31.6. The van der Waals surface area contributed by atoms with Gasteiger partial charge in [-0.2, -0.15) is 0 Å². The van der Waals surface area contributed by atoms with Gasteiger partial charge in [-0.05, 0) is 86.9 Å². The van der Waals surface area contributed by atoms with Crippen molar-refractivity contribution in [3.05, 3.63) is 59.2 Å². The largest absolute Gasteiger partial charge is 0.506 e. The van der Waals surface area contributed by atoms with E-state index in [-0.39, 0.29) is 17.4 Å². The normalized spacial score (nSPS) is 12.3. The number of carbonyl (C=O) groups excluding carboxylic acids is 1. The van der Waals surface area contributed by atoms with Gasteiger partial charge in [-0.1, -0.05) is 25.1 Å². The highest BCUT2D eigenvalue weighted by Crippen LogP contribution is 2.27. The number of benzene rings is 2. The lowest BCUT2D eigenvalue weighted by Gasteiger charge is -2.15. The van der Waals surface area contributed by atoms with Crippen LogP contribution in [0, 0.1) is 0 Å². The van der Waals surface area contributed by atoms with Crippen molar-refractivity contribution in [3.8, 4) is 5.75 Å². The SMILES string of the molecule is CCCOC(=O)c1ccc(CCCCOCCCCCNCC(O)c2ccc(O)c(NS(C)(=O)=O)c2)cc1. The number of carbonyl (C=O) groups is 1. The first-order valence-corrected chi connectivity index (χ1v) is 15.1. The summed E-state index contributed by atoms with van der Waals surface area (Å²) in [6.07, 6.45) is 6.89. The number of unbranched alkanes of at least 4 members (excludes halogenated alkanes) is 3. The summed E-state index contributed by atoms with van der Waals surface area (Å²) in [5.41, 5.74) is 2.35. The number of aryl methyl sites for hydroxylation is 1. The number of sulfonamides is 1. The van der Waals surface area contributed by atoms with E-state index in [2.05, 4.69) is 10.0 Å². The molecular formula is C28H42N2O7S. The van der Waals surface area contributed by atoms with Gasteiger partial charge in [0.2, 0.25) is 10.0 Å². The van der Waals surface area contributed by atoms with E-state index in [0.29, 0.717) is 24.3 Å². The van der Waals surface area contributed by atoms with Crippen molar-refractivity contribution in [3.63, 3.8) is 0 Å². The number of hydrogen-bond acceptors (Lipinski definition) is 8. The van der Waals surface area contributed by atoms with Crippen LogP contribution < -0.4 is 10.0 Å². The third kappa shape index (κ3) is 12.7. The van der Waals surface area contributed by atoms with Gasteiger partial charge in [0.25, 0.3) is 0 Å². The van der Waals surface area contributed by atoms with Gasteiger partial charge in [0.05, 0.1) is 30.2 Å². The number of hydrogen-bond donors (Lipinski definition) is 4. The molecule has 38 heavy (non-hydrogen) atoms. The Morgan fingerprint density at radius 2 is 1.68 bits per heavy atom. The van der Waals surface area contributed by atoms with E-state index in [9.17, 15) is 23.4 Å². The van der Waals surface area contributed by atoms with Crippen molar-refractivity contribution in [2.75, 3.05) is 43.9 Å². The molecule has 0 saturated heterocycles. The van der Waals surface area contributed by atoms with E-state index in [1.807, 2.05) is 31.2 Å². The van der Waals surface area contributed by atoms with Crippen LogP contribution in [0.5, 0.6) is 5.75 Å². The molecule has 9 nitrogen and oxygen atoms in total. The number of nitrogens with one attached hydrogen (secondary N) is 2. The van der Waals surface area contributed by atoms with Gasteiger partial charge >= 0.3 is 5.97 Å². The quantitative estimate of drug-likeness (QED) is 0.116. The number of ether oxygens (including phenoxy) is 2. The molecule has 0 spiro atoms. The summed E-state index contributed by atoms with van der Waals surface area (Å²) in [5.74, 6) is -0.465. The molecule has 2 rings (SSSR count). The number of phenols is 1. The average Bonchev–Trinajstić information content (AvgIpc) is 2.88.